The highest BCUT2D eigenvalue weighted by Crippen LogP contribution is 2.32. The number of sulfonamides is 1. The van der Waals surface area contributed by atoms with Crippen LogP contribution in [0.4, 0.5) is 0 Å². The van der Waals surface area contributed by atoms with Crippen LogP contribution in [-0.4, -0.2) is 33.8 Å². The first-order valence-electron chi connectivity index (χ1n) is 7.78. The summed E-state index contributed by atoms with van der Waals surface area (Å²) in [5.74, 6) is 0.560. The van der Waals surface area contributed by atoms with E-state index >= 15 is 0 Å². The van der Waals surface area contributed by atoms with Crippen LogP contribution in [0.25, 0.3) is 10.2 Å². The summed E-state index contributed by atoms with van der Waals surface area (Å²) >= 11 is 13.8. The Kier molecular flexibility index (Phi) is 6.12. The van der Waals surface area contributed by atoms with Crippen molar-refractivity contribution in [2.45, 2.75) is 11.4 Å². The Morgan fingerprint density at radius 1 is 1.07 bits per heavy atom. The lowest BCUT2D eigenvalue weighted by Gasteiger charge is -2.06. The molecular weight excluding hydrogens is 431 g/mol. The Balaban J connectivity index is 2.22. The largest absolute Gasteiger partial charge is 0.497 e. The van der Waals surface area contributed by atoms with E-state index in [4.69, 9.17) is 32.7 Å². The zero-order valence-corrected chi connectivity index (χ0v) is 17.6. The van der Waals surface area contributed by atoms with E-state index in [-0.39, 0.29) is 9.70 Å². The molecule has 0 spiro atoms. The number of ether oxygens (including phenoxy) is 2. The topological polar surface area (TPSA) is 69.9 Å². The molecule has 0 fully saturated rings. The van der Waals surface area contributed by atoms with Crippen molar-refractivity contribution in [2.75, 3.05) is 20.8 Å². The van der Waals surface area contributed by atoms with Crippen LogP contribution in [0.15, 0.2) is 45.7 Å². The fourth-order valence-corrected chi connectivity index (χ4v) is 5.35. The number of nitrogens with zero attached hydrogens (tertiary/aromatic N) is 2. The van der Waals surface area contributed by atoms with Crippen molar-refractivity contribution in [3.63, 3.8) is 0 Å². The van der Waals surface area contributed by atoms with E-state index in [2.05, 4.69) is 4.40 Å². The third kappa shape index (κ3) is 4.14. The number of methoxy groups -OCH3 is 2. The maximum Gasteiger partial charge on any atom is 0.285 e. The van der Waals surface area contributed by atoms with Gasteiger partial charge in [0.05, 0.1) is 38.9 Å². The molecule has 0 aliphatic heterocycles. The molecule has 10 heteroatoms. The molecule has 2 aromatic carbocycles. The summed E-state index contributed by atoms with van der Waals surface area (Å²) in [5, 5.41) is 0.943. The van der Waals surface area contributed by atoms with Crippen LogP contribution >= 0.6 is 34.5 Å². The van der Waals surface area contributed by atoms with E-state index in [0.29, 0.717) is 39.2 Å². The molecule has 0 unspecified atom stereocenters. The highest BCUT2D eigenvalue weighted by molar-refractivity contribution is 7.90. The molecular formula is C17H16Cl2N2O4S2. The van der Waals surface area contributed by atoms with E-state index < -0.39 is 10.0 Å². The Hall–Kier alpha value is -1.58. The van der Waals surface area contributed by atoms with Crippen LogP contribution < -0.4 is 9.54 Å². The molecule has 0 aliphatic carbocycles. The van der Waals surface area contributed by atoms with Crippen LogP contribution in [0.1, 0.15) is 0 Å². The minimum absolute atomic E-state index is 0.0660. The standard InChI is InChI=1S/C17H16Cl2N2O4S2/c1-24-10-9-21-15-13(18)7-8-14(19)16(15)26-17(21)20-27(22,23)12-5-3-11(25-2)4-6-12/h3-8H,9-10H2,1-2H3. The number of rotatable bonds is 6. The quantitative estimate of drug-likeness (QED) is 0.574. The molecule has 0 aliphatic rings. The number of hydrogen-bond acceptors (Lipinski definition) is 5. The van der Waals surface area contributed by atoms with Crippen molar-refractivity contribution in [3.8, 4) is 5.75 Å². The summed E-state index contributed by atoms with van der Waals surface area (Å²) < 4.78 is 42.1. The van der Waals surface area contributed by atoms with Crippen molar-refractivity contribution in [1.82, 2.24) is 4.57 Å². The third-order valence-electron chi connectivity index (χ3n) is 3.80. The van der Waals surface area contributed by atoms with Gasteiger partial charge in [0.25, 0.3) is 10.0 Å². The van der Waals surface area contributed by atoms with Crippen molar-refractivity contribution >= 4 is 54.8 Å². The minimum Gasteiger partial charge on any atom is -0.497 e. The molecule has 1 heterocycles. The zero-order chi connectivity index (χ0) is 19.6. The first-order valence-corrected chi connectivity index (χ1v) is 10.8. The first kappa shape index (κ1) is 20.2. The van der Waals surface area contributed by atoms with Crippen LogP contribution in [0.2, 0.25) is 10.0 Å². The lowest BCUT2D eigenvalue weighted by Crippen LogP contribution is -2.19. The van der Waals surface area contributed by atoms with Gasteiger partial charge in [-0.1, -0.05) is 34.5 Å². The lowest BCUT2D eigenvalue weighted by molar-refractivity contribution is 0.187. The summed E-state index contributed by atoms with van der Waals surface area (Å²) in [5.41, 5.74) is 0.634. The van der Waals surface area contributed by atoms with E-state index in [1.807, 2.05) is 0 Å². The summed E-state index contributed by atoms with van der Waals surface area (Å²) in [6, 6.07) is 9.38. The highest BCUT2D eigenvalue weighted by atomic mass is 35.5. The van der Waals surface area contributed by atoms with Crippen molar-refractivity contribution in [2.24, 2.45) is 4.40 Å². The third-order valence-corrected chi connectivity index (χ3v) is 7.04. The van der Waals surface area contributed by atoms with Gasteiger partial charge in [-0.15, -0.1) is 4.40 Å². The number of fused-ring (bicyclic) bond motifs is 1. The molecule has 1 aromatic heterocycles. The van der Waals surface area contributed by atoms with Gasteiger partial charge in [0.15, 0.2) is 0 Å². The minimum atomic E-state index is -3.93. The zero-order valence-electron chi connectivity index (χ0n) is 14.5. The smallest absolute Gasteiger partial charge is 0.285 e. The van der Waals surface area contributed by atoms with Crippen molar-refractivity contribution in [3.05, 3.63) is 51.2 Å². The average Bonchev–Trinajstić information content (AvgIpc) is 3.01. The molecule has 27 heavy (non-hydrogen) atoms. The summed E-state index contributed by atoms with van der Waals surface area (Å²) in [6.07, 6.45) is 0. The van der Waals surface area contributed by atoms with Gasteiger partial charge in [-0.3, -0.25) is 0 Å². The average molecular weight is 447 g/mol. The molecule has 0 saturated heterocycles. The fourth-order valence-electron chi connectivity index (χ4n) is 2.47. The fraction of sp³-hybridized carbons (Fsp3) is 0.235. The second-order valence-electron chi connectivity index (χ2n) is 5.48. The molecule has 0 saturated carbocycles. The molecule has 3 rings (SSSR count). The molecule has 0 atom stereocenters. The Bertz CT molecular complexity index is 1140. The van der Waals surface area contributed by atoms with Crippen LogP contribution in [0.5, 0.6) is 5.75 Å². The summed E-state index contributed by atoms with van der Waals surface area (Å²) in [6.45, 7) is 0.748. The molecule has 0 radical (unpaired) electrons. The van der Waals surface area contributed by atoms with E-state index in [1.165, 1.54) is 19.2 Å². The van der Waals surface area contributed by atoms with Gasteiger partial charge >= 0.3 is 0 Å². The van der Waals surface area contributed by atoms with Gasteiger partial charge in [-0.2, -0.15) is 8.42 Å². The van der Waals surface area contributed by atoms with E-state index in [1.54, 1.807) is 35.9 Å². The molecule has 144 valence electrons. The normalized spacial score (nSPS) is 12.7. The number of hydrogen-bond donors (Lipinski definition) is 0. The Labute approximate surface area is 170 Å². The van der Waals surface area contributed by atoms with Crippen molar-refractivity contribution in [1.29, 1.82) is 0 Å². The highest BCUT2D eigenvalue weighted by Gasteiger charge is 2.17. The summed E-state index contributed by atoms with van der Waals surface area (Å²) in [7, 11) is -0.852. The molecule has 0 N–H and O–H groups in total. The predicted molar refractivity (Wildman–Crippen MR) is 107 cm³/mol. The maximum absolute atomic E-state index is 12.8. The number of halogens is 2. The number of benzene rings is 2. The predicted octanol–water partition coefficient (Wildman–Crippen LogP) is 3.95. The molecule has 0 amide bonds. The van der Waals surface area contributed by atoms with E-state index in [0.717, 1.165) is 11.3 Å². The van der Waals surface area contributed by atoms with Gasteiger partial charge in [-0.25, -0.2) is 0 Å². The van der Waals surface area contributed by atoms with Crippen LogP contribution in [0, 0.1) is 0 Å². The van der Waals surface area contributed by atoms with Gasteiger partial charge in [-0.05, 0) is 36.4 Å². The van der Waals surface area contributed by atoms with Gasteiger partial charge in [0.2, 0.25) is 4.80 Å². The SMILES string of the molecule is COCCn1c(=NS(=O)(=O)c2ccc(OC)cc2)sc2c(Cl)ccc(Cl)c21. The second kappa shape index (κ2) is 8.20. The summed E-state index contributed by atoms with van der Waals surface area (Å²) in [4.78, 5) is 0.337. The maximum atomic E-state index is 12.8. The molecule has 3 aromatic rings. The second-order valence-corrected chi connectivity index (χ2v) is 8.87. The molecule has 6 nitrogen and oxygen atoms in total. The van der Waals surface area contributed by atoms with Gasteiger partial charge in [0, 0.05) is 13.7 Å². The van der Waals surface area contributed by atoms with E-state index in [9.17, 15) is 8.42 Å². The lowest BCUT2D eigenvalue weighted by atomic mass is 10.3. The van der Waals surface area contributed by atoms with Crippen molar-refractivity contribution < 1.29 is 17.9 Å². The van der Waals surface area contributed by atoms with Crippen LogP contribution in [-0.2, 0) is 21.3 Å². The van der Waals surface area contributed by atoms with Crippen LogP contribution in [0.3, 0.4) is 0 Å². The molecule has 0 bridgehead atoms. The first-order chi connectivity index (χ1) is 12.9. The number of thiazole rings is 1. The van der Waals surface area contributed by atoms with Gasteiger partial charge < -0.3 is 14.0 Å². The van der Waals surface area contributed by atoms with Gasteiger partial charge in [0.1, 0.15) is 5.75 Å². The Morgan fingerprint density at radius 3 is 2.37 bits per heavy atom. The number of aromatic nitrogens is 1. The Morgan fingerprint density at radius 2 is 1.74 bits per heavy atom. The monoisotopic (exact) mass is 446 g/mol.